The predicted molar refractivity (Wildman–Crippen MR) is 52.4 cm³/mol. The van der Waals surface area contributed by atoms with Crippen LogP contribution in [0.3, 0.4) is 0 Å². The lowest BCUT2D eigenvalue weighted by molar-refractivity contribution is -0.0117. The molecule has 0 radical (unpaired) electrons. The van der Waals surface area contributed by atoms with Gasteiger partial charge in [-0.1, -0.05) is 33.1 Å². The van der Waals surface area contributed by atoms with E-state index in [1.54, 1.807) is 0 Å². The van der Waals surface area contributed by atoms with Crippen LogP contribution in [0.5, 0.6) is 0 Å². The number of rotatable bonds is 5. The van der Waals surface area contributed by atoms with Crippen LogP contribution in [0.25, 0.3) is 0 Å². The molecule has 0 N–H and O–H groups in total. The van der Waals surface area contributed by atoms with Gasteiger partial charge in [0.1, 0.15) is 0 Å². The van der Waals surface area contributed by atoms with E-state index in [0.717, 1.165) is 6.61 Å². The lowest BCUT2D eigenvalue weighted by Gasteiger charge is -2.27. The lowest BCUT2D eigenvalue weighted by atomic mass is 9.89. The van der Waals surface area contributed by atoms with Crippen molar-refractivity contribution in [3.05, 3.63) is 0 Å². The normalized spacial score (nSPS) is 29.5. The van der Waals surface area contributed by atoms with Crippen LogP contribution in [0.2, 0.25) is 0 Å². The highest BCUT2D eigenvalue weighted by molar-refractivity contribution is 4.84. The van der Waals surface area contributed by atoms with Crippen molar-refractivity contribution in [1.82, 2.24) is 0 Å². The van der Waals surface area contributed by atoms with Gasteiger partial charge in [-0.15, -0.1) is 0 Å². The molecule has 1 heteroatoms. The molecule has 1 rings (SSSR count). The molecular weight excluding hydrogens is 148 g/mol. The molecule has 1 atom stereocenters. The SMILES string of the molecule is CCCCC1(CCC)CCCO1. The zero-order valence-corrected chi connectivity index (χ0v) is 8.57. The smallest absolute Gasteiger partial charge is 0.0683 e. The van der Waals surface area contributed by atoms with E-state index in [4.69, 9.17) is 4.74 Å². The average Bonchev–Trinajstić information content (AvgIpc) is 2.51. The van der Waals surface area contributed by atoms with Crippen molar-refractivity contribution in [1.29, 1.82) is 0 Å². The van der Waals surface area contributed by atoms with Crippen molar-refractivity contribution in [3.8, 4) is 0 Å². The van der Waals surface area contributed by atoms with E-state index in [1.165, 1.54) is 44.9 Å². The number of unbranched alkanes of at least 4 members (excludes halogenated alkanes) is 1. The van der Waals surface area contributed by atoms with Gasteiger partial charge in [0.15, 0.2) is 0 Å². The van der Waals surface area contributed by atoms with Gasteiger partial charge in [0.05, 0.1) is 5.60 Å². The Morgan fingerprint density at radius 1 is 1.17 bits per heavy atom. The average molecular weight is 170 g/mol. The van der Waals surface area contributed by atoms with Gasteiger partial charge in [0.25, 0.3) is 0 Å². The van der Waals surface area contributed by atoms with Gasteiger partial charge in [0, 0.05) is 6.61 Å². The summed E-state index contributed by atoms with van der Waals surface area (Å²) >= 11 is 0. The first-order chi connectivity index (χ1) is 5.83. The Balaban J connectivity index is 2.35. The number of hydrogen-bond donors (Lipinski definition) is 0. The van der Waals surface area contributed by atoms with Gasteiger partial charge >= 0.3 is 0 Å². The molecule has 1 saturated heterocycles. The number of ether oxygens (including phenoxy) is 1. The highest BCUT2D eigenvalue weighted by atomic mass is 16.5. The first kappa shape index (κ1) is 10.0. The monoisotopic (exact) mass is 170 g/mol. The maximum absolute atomic E-state index is 5.88. The minimum atomic E-state index is 0.296. The van der Waals surface area contributed by atoms with Crippen molar-refractivity contribution in [2.75, 3.05) is 6.61 Å². The first-order valence-corrected chi connectivity index (χ1v) is 5.47. The van der Waals surface area contributed by atoms with Crippen LogP contribution in [0.1, 0.15) is 58.8 Å². The third-order valence-corrected chi connectivity index (χ3v) is 2.88. The molecule has 0 aromatic rings. The van der Waals surface area contributed by atoms with E-state index in [1.807, 2.05) is 0 Å². The Hall–Kier alpha value is -0.0400. The van der Waals surface area contributed by atoms with Crippen LogP contribution in [0.4, 0.5) is 0 Å². The highest BCUT2D eigenvalue weighted by Crippen LogP contribution is 2.34. The molecule has 1 unspecified atom stereocenters. The van der Waals surface area contributed by atoms with Crippen molar-refractivity contribution in [2.45, 2.75) is 64.4 Å². The van der Waals surface area contributed by atoms with Crippen LogP contribution >= 0.6 is 0 Å². The lowest BCUT2D eigenvalue weighted by Crippen LogP contribution is -2.27. The summed E-state index contributed by atoms with van der Waals surface area (Å²) in [6.45, 7) is 5.52. The molecule has 1 nitrogen and oxygen atoms in total. The quantitative estimate of drug-likeness (QED) is 0.613. The summed E-state index contributed by atoms with van der Waals surface area (Å²) in [5, 5.41) is 0. The second-order valence-electron chi connectivity index (χ2n) is 3.99. The Labute approximate surface area is 76.5 Å². The summed E-state index contributed by atoms with van der Waals surface area (Å²) in [6, 6.07) is 0. The van der Waals surface area contributed by atoms with Crippen molar-refractivity contribution in [2.24, 2.45) is 0 Å². The van der Waals surface area contributed by atoms with E-state index in [0.29, 0.717) is 5.60 Å². The summed E-state index contributed by atoms with van der Waals surface area (Å²) in [5.41, 5.74) is 0.296. The Bertz CT molecular complexity index is 114. The molecule has 1 heterocycles. The van der Waals surface area contributed by atoms with Gasteiger partial charge in [-0.3, -0.25) is 0 Å². The van der Waals surface area contributed by atoms with Crippen LogP contribution in [-0.2, 0) is 4.74 Å². The molecule has 0 aliphatic carbocycles. The molecule has 0 amide bonds. The molecule has 1 fully saturated rings. The molecule has 0 saturated carbocycles. The zero-order chi connectivity index (χ0) is 8.86. The van der Waals surface area contributed by atoms with E-state index in [2.05, 4.69) is 13.8 Å². The largest absolute Gasteiger partial charge is 0.375 e. The van der Waals surface area contributed by atoms with Gasteiger partial charge in [-0.05, 0) is 25.7 Å². The summed E-state index contributed by atoms with van der Waals surface area (Å²) in [6.07, 6.45) is 9.05. The van der Waals surface area contributed by atoms with Crippen molar-refractivity contribution >= 4 is 0 Å². The van der Waals surface area contributed by atoms with Crippen LogP contribution < -0.4 is 0 Å². The second kappa shape index (κ2) is 4.86. The minimum absolute atomic E-state index is 0.296. The Kier molecular flexibility index (Phi) is 4.07. The summed E-state index contributed by atoms with van der Waals surface area (Å²) < 4.78 is 5.88. The molecule has 0 aromatic carbocycles. The van der Waals surface area contributed by atoms with Gasteiger partial charge in [-0.2, -0.15) is 0 Å². The Morgan fingerprint density at radius 2 is 2.00 bits per heavy atom. The summed E-state index contributed by atoms with van der Waals surface area (Å²) in [7, 11) is 0. The van der Waals surface area contributed by atoms with E-state index < -0.39 is 0 Å². The van der Waals surface area contributed by atoms with Crippen molar-refractivity contribution < 1.29 is 4.74 Å². The molecule has 72 valence electrons. The third-order valence-electron chi connectivity index (χ3n) is 2.88. The van der Waals surface area contributed by atoms with Gasteiger partial charge in [-0.25, -0.2) is 0 Å². The summed E-state index contributed by atoms with van der Waals surface area (Å²) in [5.74, 6) is 0. The van der Waals surface area contributed by atoms with Crippen LogP contribution in [0, 0.1) is 0 Å². The molecule has 0 spiro atoms. The molecule has 0 aromatic heterocycles. The fourth-order valence-electron chi connectivity index (χ4n) is 2.23. The van der Waals surface area contributed by atoms with Gasteiger partial charge in [0.2, 0.25) is 0 Å². The maximum atomic E-state index is 5.88. The van der Waals surface area contributed by atoms with E-state index >= 15 is 0 Å². The topological polar surface area (TPSA) is 9.23 Å². The third kappa shape index (κ3) is 2.48. The second-order valence-corrected chi connectivity index (χ2v) is 3.99. The minimum Gasteiger partial charge on any atom is -0.375 e. The first-order valence-electron chi connectivity index (χ1n) is 5.47. The van der Waals surface area contributed by atoms with E-state index in [-0.39, 0.29) is 0 Å². The molecule has 1 aliphatic rings. The number of hydrogen-bond acceptors (Lipinski definition) is 1. The van der Waals surface area contributed by atoms with Gasteiger partial charge < -0.3 is 4.74 Å². The fraction of sp³-hybridized carbons (Fsp3) is 1.00. The maximum Gasteiger partial charge on any atom is 0.0683 e. The Morgan fingerprint density at radius 3 is 2.50 bits per heavy atom. The summed E-state index contributed by atoms with van der Waals surface area (Å²) in [4.78, 5) is 0. The van der Waals surface area contributed by atoms with Crippen LogP contribution in [-0.4, -0.2) is 12.2 Å². The fourth-order valence-corrected chi connectivity index (χ4v) is 2.23. The van der Waals surface area contributed by atoms with Crippen molar-refractivity contribution in [3.63, 3.8) is 0 Å². The van der Waals surface area contributed by atoms with E-state index in [9.17, 15) is 0 Å². The molecule has 12 heavy (non-hydrogen) atoms. The molecule has 0 bridgehead atoms. The predicted octanol–water partition coefficient (Wildman–Crippen LogP) is 3.53. The standard InChI is InChI=1S/C11H22O/c1-3-5-8-11(7-4-2)9-6-10-12-11/h3-10H2,1-2H3. The van der Waals surface area contributed by atoms with Crippen LogP contribution in [0.15, 0.2) is 0 Å². The highest BCUT2D eigenvalue weighted by Gasteiger charge is 2.32. The molecular formula is C11H22O. The zero-order valence-electron chi connectivity index (χ0n) is 8.57. The molecule has 1 aliphatic heterocycles.